The van der Waals surface area contributed by atoms with Crippen LogP contribution in [0.1, 0.15) is 38.7 Å². The van der Waals surface area contributed by atoms with E-state index in [1.54, 1.807) is 41.1 Å². The number of nitrogens with one attached hydrogen (secondary N) is 1. The van der Waals surface area contributed by atoms with E-state index in [1.165, 1.54) is 6.92 Å². The van der Waals surface area contributed by atoms with Gasteiger partial charge in [0.05, 0.1) is 30.9 Å². The molecule has 11 heteroatoms. The Hall–Kier alpha value is -3.09. The van der Waals surface area contributed by atoms with Crippen molar-refractivity contribution in [1.82, 2.24) is 4.90 Å². The molecule has 220 valence electrons. The average Bonchev–Trinajstić information content (AvgIpc) is 3.58. The number of hydrogen-bond donors (Lipinski definition) is 4. The first kappa shape index (κ1) is 29.4. The second kappa shape index (κ2) is 11.0. The minimum Gasteiger partial charge on any atom is -0.432 e. The van der Waals surface area contributed by atoms with Crippen molar-refractivity contribution in [2.45, 2.75) is 75.6 Å². The third-order valence-corrected chi connectivity index (χ3v) is 11.3. The normalized spacial score (nSPS) is 28.3. The number of carbonyl (C=O) groups excluding carboxylic acids is 3. The standard InChI is InChI=1S/C30H39N3O7Si/c1-18-27(41(3,4)39)25(16-26(36)32-14-8-11-22(32)17-34)40-30(18)23-15-20(31-28(37)19(2)35)12-13-24(23)33(29(30)38)21-9-6-5-7-10-21/h5-7,9-10,12-13,15,18-19,22,25,27,34-35,39H,8,11,14,16-17H2,1-4H3,(H,31,37)/t18-,19+,22+,25+,27-,30+/m1/s1. The average molecular weight is 582 g/mol. The Labute approximate surface area is 241 Å². The number of aliphatic hydroxyl groups is 2. The first-order chi connectivity index (χ1) is 19.4. The lowest BCUT2D eigenvalue weighted by Gasteiger charge is -2.33. The van der Waals surface area contributed by atoms with Gasteiger partial charge in [-0.2, -0.15) is 0 Å². The number of nitrogens with zero attached hydrogens (tertiary/aromatic N) is 2. The van der Waals surface area contributed by atoms with Crippen LogP contribution in [0.5, 0.6) is 0 Å². The highest BCUT2D eigenvalue weighted by atomic mass is 28.4. The van der Waals surface area contributed by atoms with Crippen LogP contribution < -0.4 is 10.2 Å². The molecule has 0 radical (unpaired) electrons. The van der Waals surface area contributed by atoms with E-state index in [9.17, 15) is 29.4 Å². The zero-order valence-corrected chi connectivity index (χ0v) is 24.9. The Morgan fingerprint density at radius 3 is 2.54 bits per heavy atom. The molecule has 0 saturated carbocycles. The zero-order chi connectivity index (χ0) is 29.7. The number of para-hydroxylation sites is 1. The molecular weight excluding hydrogens is 542 g/mol. The summed E-state index contributed by atoms with van der Waals surface area (Å²) in [4.78, 5) is 55.2. The Morgan fingerprint density at radius 2 is 1.90 bits per heavy atom. The van der Waals surface area contributed by atoms with Crippen LogP contribution in [-0.2, 0) is 24.7 Å². The molecule has 3 aliphatic rings. The van der Waals surface area contributed by atoms with E-state index >= 15 is 0 Å². The molecule has 2 aromatic rings. The Morgan fingerprint density at radius 1 is 1.20 bits per heavy atom. The van der Waals surface area contributed by atoms with Crippen LogP contribution in [0.3, 0.4) is 0 Å². The number of ether oxygens (including phenoxy) is 1. The van der Waals surface area contributed by atoms with Gasteiger partial charge in [-0.25, -0.2) is 0 Å². The molecular formula is C30H39N3O7Si. The van der Waals surface area contributed by atoms with Crippen molar-refractivity contribution in [1.29, 1.82) is 0 Å². The summed E-state index contributed by atoms with van der Waals surface area (Å²) < 4.78 is 6.77. The summed E-state index contributed by atoms with van der Waals surface area (Å²) in [5.74, 6) is -1.57. The van der Waals surface area contributed by atoms with Gasteiger partial charge in [-0.3, -0.25) is 19.3 Å². The van der Waals surface area contributed by atoms with Gasteiger partial charge < -0.3 is 30.0 Å². The molecule has 3 heterocycles. The number of amides is 3. The number of aliphatic hydroxyl groups excluding tert-OH is 2. The van der Waals surface area contributed by atoms with Gasteiger partial charge in [-0.1, -0.05) is 25.1 Å². The minimum atomic E-state index is -3.00. The summed E-state index contributed by atoms with van der Waals surface area (Å²) in [6, 6.07) is 14.1. The third kappa shape index (κ3) is 4.99. The molecule has 41 heavy (non-hydrogen) atoms. The number of likely N-dealkylation sites (tertiary alicyclic amines) is 1. The van der Waals surface area contributed by atoms with Gasteiger partial charge in [0.1, 0.15) is 6.10 Å². The third-order valence-electron chi connectivity index (χ3n) is 8.84. The molecule has 3 amide bonds. The van der Waals surface area contributed by atoms with E-state index in [0.29, 0.717) is 29.2 Å². The van der Waals surface area contributed by atoms with E-state index < -0.39 is 43.5 Å². The number of fused-ring (bicyclic) bond motifs is 2. The molecule has 0 aromatic heterocycles. The van der Waals surface area contributed by atoms with Gasteiger partial charge in [-0.15, -0.1) is 0 Å². The number of hydrogen-bond acceptors (Lipinski definition) is 7. The van der Waals surface area contributed by atoms with Crippen LogP contribution in [0, 0.1) is 5.92 Å². The zero-order valence-electron chi connectivity index (χ0n) is 23.9. The smallest absolute Gasteiger partial charge is 0.268 e. The SMILES string of the molecule is C[C@H](O)C(=O)Nc1ccc2c(c1)[C@]1(O[C@@H](CC(=O)N3CCC[C@H]3CO)[C@H]([Si](C)(C)O)[C@H]1C)C(=O)N2c1ccccc1. The maximum atomic E-state index is 14.6. The molecule has 2 fully saturated rings. The van der Waals surface area contributed by atoms with E-state index in [4.69, 9.17) is 4.74 Å². The monoisotopic (exact) mass is 581 g/mol. The highest BCUT2D eigenvalue weighted by Crippen LogP contribution is 2.61. The molecule has 4 N–H and O–H groups in total. The van der Waals surface area contributed by atoms with Crippen molar-refractivity contribution in [2.75, 3.05) is 23.4 Å². The van der Waals surface area contributed by atoms with Crippen LogP contribution in [0.2, 0.25) is 18.6 Å². The maximum absolute atomic E-state index is 14.6. The molecule has 1 spiro atoms. The number of benzene rings is 2. The van der Waals surface area contributed by atoms with Crippen LogP contribution in [0.25, 0.3) is 0 Å². The Kier molecular flexibility index (Phi) is 7.86. The number of carbonyl (C=O) groups is 3. The van der Waals surface area contributed by atoms with Crippen molar-refractivity contribution in [3.8, 4) is 0 Å². The van der Waals surface area contributed by atoms with Gasteiger partial charge in [0, 0.05) is 34.9 Å². The largest absolute Gasteiger partial charge is 0.432 e. The lowest BCUT2D eigenvalue weighted by atomic mass is 9.82. The highest BCUT2D eigenvalue weighted by molar-refractivity contribution is 6.71. The van der Waals surface area contributed by atoms with Gasteiger partial charge in [-0.05, 0) is 63.2 Å². The lowest BCUT2D eigenvalue weighted by molar-refractivity contribution is -0.149. The van der Waals surface area contributed by atoms with E-state index in [2.05, 4.69) is 5.32 Å². The van der Waals surface area contributed by atoms with E-state index in [-0.39, 0.29) is 30.9 Å². The second-order valence-corrected chi connectivity index (χ2v) is 16.0. The van der Waals surface area contributed by atoms with Crippen molar-refractivity contribution < 1.29 is 34.1 Å². The molecule has 10 nitrogen and oxygen atoms in total. The van der Waals surface area contributed by atoms with Crippen LogP contribution in [-0.4, -0.2) is 77.3 Å². The van der Waals surface area contributed by atoms with Gasteiger partial charge in [0.2, 0.25) is 5.91 Å². The highest BCUT2D eigenvalue weighted by Gasteiger charge is 2.66. The molecule has 3 aliphatic heterocycles. The van der Waals surface area contributed by atoms with Crippen LogP contribution >= 0.6 is 0 Å². The first-order valence-corrected chi connectivity index (χ1v) is 17.3. The minimum absolute atomic E-state index is 0.0172. The van der Waals surface area contributed by atoms with Crippen LogP contribution in [0.4, 0.5) is 17.1 Å². The topological polar surface area (TPSA) is 140 Å². The predicted octanol–water partition coefficient (Wildman–Crippen LogP) is 2.86. The fraction of sp³-hybridized carbons (Fsp3) is 0.500. The molecule has 2 saturated heterocycles. The van der Waals surface area contributed by atoms with Crippen molar-refractivity contribution in [3.63, 3.8) is 0 Å². The van der Waals surface area contributed by atoms with Gasteiger partial charge >= 0.3 is 0 Å². The molecule has 6 atom stereocenters. The molecule has 5 rings (SSSR count). The van der Waals surface area contributed by atoms with E-state index in [1.807, 2.05) is 37.3 Å². The fourth-order valence-corrected chi connectivity index (χ4v) is 9.56. The lowest BCUT2D eigenvalue weighted by Crippen LogP contribution is -2.45. The van der Waals surface area contributed by atoms with Gasteiger partial charge in [0.25, 0.3) is 11.8 Å². The number of anilines is 3. The summed E-state index contributed by atoms with van der Waals surface area (Å²) >= 11 is 0. The van der Waals surface area contributed by atoms with Crippen molar-refractivity contribution >= 4 is 43.1 Å². The summed E-state index contributed by atoms with van der Waals surface area (Å²) in [7, 11) is -3.00. The quantitative estimate of drug-likeness (QED) is 0.369. The summed E-state index contributed by atoms with van der Waals surface area (Å²) in [5.41, 5.74) is 0.199. The first-order valence-electron chi connectivity index (χ1n) is 14.2. The Balaban J connectivity index is 1.60. The van der Waals surface area contributed by atoms with Crippen molar-refractivity contribution in [3.05, 3.63) is 54.1 Å². The summed E-state index contributed by atoms with van der Waals surface area (Å²) in [6.07, 6.45) is -0.429. The van der Waals surface area contributed by atoms with E-state index in [0.717, 1.165) is 12.8 Å². The fourth-order valence-electron chi connectivity index (χ4n) is 7.00. The second-order valence-electron chi connectivity index (χ2n) is 12.0. The number of rotatable bonds is 7. The molecule has 2 aromatic carbocycles. The summed E-state index contributed by atoms with van der Waals surface area (Å²) in [6.45, 7) is 7.31. The molecule has 0 unspecified atom stereocenters. The Bertz CT molecular complexity index is 1330. The molecule has 0 aliphatic carbocycles. The summed E-state index contributed by atoms with van der Waals surface area (Å²) in [5, 5.41) is 22.2. The van der Waals surface area contributed by atoms with Crippen molar-refractivity contribution in [2.24, 2.45) is 5.92 Å². The molecule has 0 bridgehead atoms. The van der Waals surface area contributed by atoms with Crippen LogP contribution in [0.15, 0.2) is 48.5 Å². The predicted molar refractivity (Wildman–Crippen MR) is 156 cm³/mol. The maximum Gasteiger partial charge on any atom is 0.268 e. The van der Waals surface area contributed by atoms with Gasteiger partial charge in [0.15, 0.2) is 13.9 Å².